The highest BCUT2D eigenvalue weighted by molar-refractivity contribution is 5.92. The molecule has 2 aliphatic carbocycles. The Kier molecular flexibility index (Phi) is 3.89. The van der Waals surface area contributed by atoms with Crippen molar-refractivity contribution in [3.05, 3.63) is 40.0 Å². The molecule has 3 N–H and O–H groups in total. The molecule has 0 unspecified atom stereocenters. The lowest BCUT2D eigenvalue weighted by Crippen LogP contribution is -2.42. The predicted molar refractivity (Wildman–Crippen MR) is 91.2 cm³/mol. The zero-order chi connectivity index (χ0) is 17.8. The van der Waals surface area contributed by atoms with E-state index in [1.807, 2.05) is 12.1 Å². The summed E-state index contributed by atoms with van der Waals surface area (Å²) in [5.41, 5.74) is 3.99. The van der Waals surface area contributed by atoms with Gasteiger partial charge in [-0.15, -0.1) is 0 Å². The number of ether oxygens (including phenoxy) is 1. The van der Waals surface area contributed by atoms with E-state index in [1.165, 1.54) is 0 Å². The van der Waals surface area contributed by atoms with Crippen LogP contribution in [0, 0.1) is 5.92 Å². The molecule has 5 heteroatoms. The molecule has 0 saturated heterocycles. The van der Waals surface area contributed by atoms with Gasteiger partial charge in [0.25, 0.3) is 0 Å². The monoisotopic (exact) mass is 344 g/mol. The van der Waals surface area contributed by atoms with Crippen LogP contribution in [0.5, 0.6) is 5.75 Å². The highest BCUT2D eigenvalue weighted by Crippen LogP contribution is 2.57. The summed E-state index contributed by atoms with van der Waals surface area (Å²) < 4.78 is 5.24. The van der Waals surface area contributed by atoms with E-state index in [4.69, 9.17) is 9.84 Å². The number of aryl methyl sites for hydroxylation is 1. The van der Waals surface area contributed by atoms with Crippen LogP contribution in [0.4, 0.5) is 0 Å². The van der Waals surface area contributed by atoms with Gasteiger partial charge in [0.2, 0.25) is 0 Å². The molecule has 3 atom stereocenters. The molecule has 134 valence electrons. The summed E-state index contributed by atoms with van der Waals surface area (Å²) in [6.07, 6.45) is 2.39. The molecule has 0 aromatic heterocycles. The second kappa shape index (κ2) is 5.85. The molecule has 0 fully saturated rings. The molecule has 1 aromatic carbocycles. The average Bonchev–Trinajstić information content (AvgIpc) is 2.96. The lowest BCUT2D eigenvalue weighted by Gasteiger charge is -2.48. The first-order valence-electron chi connectivity index (χ1n) is 9.00. The molecule has 5 nitrogen and oxygen atoms in total. The van der Waals surface area contributed by atoms with Gasteiger partial charge in [-0.25, -0.2) is 4.79 Å². The molecule has 0 radical (unpaired) electrons. The number of carbonyl (C=O) groups is 1. The zero-order valence-electron chi connectivity index (χ0n) is 14.4. The van der Waals surface area contributed by atoms with Crippen LogP contribution in [0.3, 0.4) is 0 Å². The minimum absolute atomic E-state index is 0.0629. The van der Waals surface area contributed by atoms with Crippen molar-refractivity contribution in [2.45, 2.75) is 50.5 Å². The Morgan fingerprint density at radius 1 is 1.36 bits per heavy atom. The summed E-state index contributed by atoms with van der Waals surface area (Å²) in [7, 11) is 0. The van der Waals surface area contributed by atoms with E-state index in [0.29, 0.717) is 37.9 Å². The molecule has 0 saturated carbocycles. The van der Waals surface area contributed by atoms with Gasteiger partial charge >= 0.3 is 5.97 Å². The minimum Gasteiger partial charge on any atom is -0.507 e. The standard InChI is InChI=1S/C20H24O5/c1-20-7-6-12-13(10-25-19(12)24)15(20)9-16(22)17-14(20)5-4-11(18(17)23)3-2-8-21/h4-5,15-16,21-23H,2-3,6-10H2,1H3/t15-,16-,20+/m0/s1. The molecule has 0 bridgehead atoms. The van der Waals surface area contributed by atoms with Gasteiger partial charge in [-0.2, -0.15) is 0 Å². The third-order valence-electron chi connectivity index (χ3n) is 6.39. The number of benzene rings is 1. The second-order valence-electron chi connectivity index (χ2n) is 7.66. The second-order valence-corrected chi connectivity index (χ2v) is 7.66. The van der Waals surface area contributed by atoms with Crippen LogP contribution in [-0.4, -0.2) is 34.5 Å². The van der Waals surface area contributed by atoms with Gasteiger partial charge in [0.1, 0.15) is 12.4 Å². The fourth-order valence-electron chi connectivity index (χ4n) is 4.99. The third kappa shape index (κ3) is 2.33. The van der Waals surface area contributed by atoms with Crippen molar-refractivity contribution in [3.63, 3.8) is 0 Å². The maximum absolute atomic E-state index is 11.9. The van der Waals surface area contributed by atoms with E-state index in [0.717, 1.165) is 28.7 Å². The van der Waals surface area contributed by atoms with E-state index in [1.54, 1.807) is 0 Å². The molecule has 4 rings (SSSR count). The summed E-state index contributed by atoms with van der Waals surface area (Å²) in [6.45, 7) is 2.57. The Labute approximate surface area is 146 Å². The van der Waals surface area contributed by atoms with Crippen molar-refractivity contribution in [2.75, 3.05) is 13.2 Å². The molecule has 0 amide bonds. The van der Waals surface area contributed by atoms with Crippen LogP contribution in [0.2, 0.25) is 0 Å². The SMILES string of the molecule is C[C@]12CCC3=C(COC3=O)[C@@H]1C[C@H](O)c1c2ccc(CCCO)c1O. The first-order valence-corrected chi connectivity index (χ1v) is 9.00. The van der Waals surface area contributed by atoms with Crippen molar-refractivity contribution in [1.82, 2.24) is 0 Å². The largest absolute Gasteiger partial charge is 0.507 e. The van der Waals surface area contributed by atoms with E-state index in [2.05, 4.69) is 6.92 Å². The van der Waals surface area contributed by atoms with E-state index >= 15 is 0 Å². The van der Waals surface area contributed by atoms with E-state index in [-0.39, 0.29) is 29.7 Å². The molecule has 1 aliphatic heterocycles. The van der Waals surface area contributed by atoms with E-state index in [9.17, 15) is 15.0 Å². The number of carbonyl (C=O) groups excluding carboxylic acids is 1. The predicted octanol–water partition coefficient (Wildman–Crippen LogP) is 2.28. The number of hydrogen-bond acceptors (Lipinski definition) is 5. The normalized spacial score (nSPS) is 30.6. The fourth-order valence-corrected chi connectivity index (χ4v) is 4.99. The zero-order valence-corrected chi connectivity index (χ0v) is 14.4. The Balaban J connectivity index is 1.80. The van der Waals surface area contributed by atoms with Crippen molar-refractivity contribution in [2.24, 2.45) is 5.92 Å². The van der Waals surface area contributed by atoms with Crippen LogP contribution in [0.15, 0.2) is 23.3 Å². The molecule has 0 spiro atoms. The highest BCUT2D eigenvalue weighted by Gasteiger charge is 2.51. The maximum atomic E-state index is 11.9. The molecule has 3 aliphatic rings. The summed E-state index contributed by atoms with van der Waals surface area (Å²) in [5, 5.41) is 30.5. The van der Waals surface area contributed by atoms with Crippen molar-refractivity contribution in [1.29, 1.82) is 0 Å². The van der Waals surface area contributed by atoms with Crippen molar-refractivity contribution >= 4 is 5.97 Å². The quantitative estimate of drug-likeness (QED) is 0.732. The summed E-state index contributed by atoms with van der Waals surface area (Å²) >= 11 is 0. The topological polar surface area (TPSA) is 87.0 Å². The van der Waals surface area contributed by atoms with Gasteiger partial charge in [-0.05, 0) is 54.7 Å². The summed E-state index contributed by atoms with van der Waals surface area (Å²) in [4.78, 5) is 11.9. The van der Waals surface area contributed by atoms with Gasteiger partial charge in [0.15, 0.2) is 0 Å². The number of rotatable bonds is 3. The molecular weight excluding hydrogens is 320 g/mol. The summed E-state index contributed by atoms with van der Waals surface area (Å²) in [6, 6.07) is 3.92. The number of esters is 1. The average molecular weight is 344 g/mol. The van der Waals surface area contributed by atoms with Gasteiger partial charge in [-0.3, -0.25) is 0 Å². The first kappa shape index (κ1) is 16.6. The number of hydrogen-bond donors (Lipinski definition) is 3. The summed E-state index contributed by atoms with van der Waals surface area (Å²) in [5.74, 6) is 0.0177. The van der Waals surface area contributed by atoms with Crippen LogP contribution in [0.25, 0.3) is 0 Å². The Bertz CT molecular complexity index is 766. The van der Waals surface area contributed by atoms with Crippen LogP contribution >= 0.6 is 0 Å². The maximum Gasteiger partial charge on any atom is 0.334 e. The number of fused-ring (bicyclic) bond motifs is 4. The first-order chi connectivity index (χ1) is 12.0. The number of phenols is 1. The Morgan fingerprint density at radius 2 is 2.16 bits per heavy atom. The number of aliphatic hydroxyl groups is 2. The van der Waals surface area contributed by atoms with Crippen LogP contribution in [-0.2, 0) is 21.4 Å². The van der Waals surface area contributed by atoms with Gasteiger partial charge in [-0.1, -0.05) is 19.1 Å². The van der Waals surface area contributed by atoms with Gasteiger partial charge in [0, 0.05) is 23.2 Å². The Hall–Kier alpha value is -1.85. The number of aromatic hydroxyl groups is 1. The third-order valence-corrected chi connectivity index (χ3v) is 6.39. The van der Waals surface area contributed by atoms with Gasteiger partial charge < -0.3 is 20.1 Å². The number of phenolic OH excluding ortho intramolecular Hbond substituents is 1. The molecule has 1 heterocycles. The van der Waals surface area contributed by atoms with Crippen LogP contribution in [0.1, 0.15) is 55.4 Å². The highest BCUT2D eigenvalue weighted by atomic mass is 16.5. The number of cyclic esters (lactones) is 1. The number of aliphatic hydroxyl groups excluding tert-OH is 2. The molecule has 25 heavy (non-hydrogen) atoms. The smallest absolute Gasteiger partial charge is 0.334 e. The molecule has 1 aromatic rings. The fraction of sp³-hybridized carbons (Fsp3) is 0.550. The van der Waals surface area contributed by atoms with Crippen molar-refractivity contribution in [3.8, 4) is 5.75 Å². The lowest BCUT2D eigenvalue weighted by atomic mass is 9.56. The lowest BCUT2D eigenvalue weighted by molar-refractivity contribution is -0.136. The molecular formula is C20H24O5. The van der Waals surface area contributed by atoms with Crippen LogP contribution < -0.4 is 0 Å². The van der Waals surface area contributed by atoms with Crippen molar-refractivity contribution < 1.29 is 24.9 Å². The Morgan fingerprint density at radius 3 is 2.92 bits per heavy atom. The van der Waals surface area contributed by atoms with Gasteiger partial charge in [0.05, 0.1) is 6.10 Å². The van der Waals surface area contributed by atoms with E-state index < -0.39 is 6.10 Å². The minimum atomic E-state index is -0.760.